The molecule has 0 fully saturated rings. The van der Waals surface area contributed by atoms with Gasteiger partial charge in [-0.1, -0.05) is 26.0 Å². The summed E-state index contributed by atoms with van der Waals surface area (Å²) in [5, 5.41) is 11.8. The second-order valence-corrected chi connectivity index (χ2v) is 7.15. The Balaban J connectivity index is 2.66. The molecule has 1 unspecified atom stereocenters. The van der Waals surface area contributed by atoms with E-state index in [-0.39, 0.29) is 30.7 Å². The van der Waals surface area contributed by atoms with Crippen molar-refractivity contribution < 1.29 is 19.5 Å². The van der Waals surface area contributed by atoms with Gasteiger partial charge in [0.1, 0.15) is 6.04 Å². The first-order valence-corrected chi connectivity index (χ1v) is 9.20. The molecule has 1 atom stereocenters. The van der Waals surface area contributed by atoms with E-state index in [1.54, 1.807) is 0 Å². The second-order valence-electron chi connectivity index (χ2n) is 6.10. The largest absolute Gasteiger partial charge is 0.480 e. The third-order valence-electron chi connectivity index (χ3n) is 3.78. The molecule has 6 nitrogen and oxygen atoms in total. The quantitative estimate of drug-likeness (QED) is 0.655. The summed E-state index contributed by atoms with van der Waals surface area (Å²) in [4.78, 5) is 36.9. The van der Waals surface area contributed by atoms with E-state index in [0.717, 1.165) is 4.90 Å². The van der Waals surface area contributed by atoms with Crippen LogP contribution < -0.4 is 5.32 Å². The predicted octanol–water partition coefficient (Wildman–Crippen LogP) is 2.34. The van der Waals surface area contributed by atoms with Gasteiger partial charge in [-0.05, 0) is 30.5 Å². The van der Waals surface area contributed by atoms with E-state index in [1.807, 2.05) is 24.3 Å². The molecule has 0 aliphatic heterocycles. The SMILES string of the molecule is CC(=O)NCCN(C(=O)CSc1ccc(C(C)C)cc1)C(C)C(=O)O. The van der Waals surface area contributed by atoms with E-state index in [2.05, 4.69) is 19.2 Å². The Kier molecular flexibility index (Phi) is 8.48. The zero-order valence-corrected chi connectivity index (χ0v) is 15.9. The van der Waals surface area contributed by atoms with E-state index >= 15 is 0 Å². The van der Waals surface area contributed by atoms with Gasteiger partial charge in [0.25, 0.3) is 0 Å². The number of carbonyl (C=O) groups excluding carboxylic acids is 2. The zero-order chi connectivity index (χ0) is 19.0. The summed E-state index contributed by atoms with van der Waals surface area (Å²) >= 11 is 1.37. The van der Waals surface area contributed by atoms with Crippen LogP contribution in [0.25, 0.3) is 0 Å². The number of aliphatic carboxylic acids is 1. The molecule has 2 N–H and O–H groups in total. The first-order valence-electron chi connectivity index (χ1n) is 8.21. The van der Waals surface area contributed by atoms with Crippen molar-refractivity contribution in [3.63, 3.8) is 0 Å². The van der Waals surface area contributed by atoms with Crippen molar-refractivity contribution >= 4 is 29.5 Å². The van der Waals surface area contributed by atoms with Crippen LogP contribution in [0.2, 0.25) is 0 Å². The van der Waals surface area contributed by atoms with Crippen molar-refractivity contribution in [2.24, 2.45) is 0 Å². The molecule has 1 rings (SSSR count). The standard InChI is InChI=1S/C18H26N2O4S/c1-12(2)15-5-7-16(8-6-15)25-11-17(22)20(13(3)18(23)24)10-9-19-14(4)21/h5-8,12-13H,9-11H2,1-4H3,(H,19,21)(H,23,24). The molecular weight excluding hydrogens is 340 g/mol. The van der Waals surface area contributed by atoms with Crippen LogP contribution in [0.1, 0.15) is 39.2 Å². The molecule has 0 saturated heterocycles. The minimum Gasteiger partial charge on any atom is -0.480 e. The van der Waals surface area contributed by atoms with Crippen LogP contribution in [0.15, 0.2) is 29.2 Å². The zero-order valence-electron chi connectivity index (χ0n) is 15.1. The van der Waals surface area contributed by atoms with Gasteiger partial charge in [0.15, 0.2) is 0 Å². The second kappa shape index (κ2) is 10.1. The van der Waals surface area contributed by atoms with Crippen molar-refractivity contribution in [2.45, 2.75) is 44.6 Å². The monoisotopic (exact) mass is 366 g/mol. The van der Waals surface area contributed by atoms with Crippen molar-refractivity contribution in [2.75, 3.05) is 18.8 Å². The van der Waals surface area contributed by atoms with Crippen LogP contribution >= 0.6 is 11.8 Å². The Labute approximate surface area is 153 Å². The lowest BCUT2D eigenvalue weighted by atomic mass is 10.0. The van der Waals surface area contributed by atoms with Crippen LogP contribution in [0.5, 0.6) is 0 Å². The molecule has 1 aromatic rings. The molecule has 0 aliphatic rings. The third kappa shape index (κ3) is 7.17. The maximum absolute atomic E-state index is 12.4. The molecule has 0 radical (unpaired) electrons. The molecule has 25 heavy (non-hydrogen) atoms. The molecule has 0 saturated carbocycles. The summed E-state index contributed by atoms with van der Waals surface area (Å²) in [6.45, 7) is 7.47. The number of nitrogens with one attached hydrogen (secondary N) is 1. The summed E-state index contributed by atoms with van der Waals surface area (Å²) in [6.07, 6.45) is 0. The molecule has 0 bridgehead atoms. The molecule has 0 aliphatic carbocycles. The lowest BCUT2D eigenvalue weighted by Gasteiger charge is -2.26. The van der Waals surface area contributed by atoms with Gasteiger partial charge in [-0.15, -0.1) is 11.8 Å². The number of hydrogen-bond acceptors (Lipinski definition) is 4. The van der Waals surface area contributed by atoms with Crippen molar-refractivity contribution in [3.05, 3.63) is 29.8 Å². The maximum atomic E-state index is 12.4. The molecule has 138 valence electrons. The number of benzene rings is 1. The van der Waals surface area contributed by atoms with E-state index in [4.69, 9.17) is 0 Å². The number of nitrogens with zero attached hydrogens (tertiary/aromatic N) is 1. The van der Waals surface area contributed by atoms with Crippen LogP contribution in [0.3, 0.4) is 0 Å². The van der Waals surface area contributed by atoms with Crippen molar-refractivity contribution in [1.82, 2.24) is 10.2 Å². The fourth-order valence-corrected chi connectivity index (χ4v) is 2.98. The molecule has 2 amide bonds. The molecule has 0 aromatic heterocycles. The summed E-state index contributed by atoms with van der Waals surface area (Å²) in [5.74, 6) is -0.948. The van der Waals surface area contributed by atoms with Crippen LogP contribution in [-0.4, -0.2) is 52.7 Å². The van der Waals surface area contributed by atoms with Gasteiger partial charge in [-0.25, -0.2) is 4.79 Å². The average molecular weight is 366 g/mol. The Morgan fingerprint density at radius 3 is 2.24 bits per heavy atom. The number of carboxylic acid groups (broad SMARTS) is 1. The number of thioether (sulfide) groups is 1. The van der Waals surface area contributed by atoms with Gasteiger partial charge in [-0.3, -0.25) is 9.59 Å². The number of carbonyl (C=O) groups is 3. The fourth-order valence-electron chi connectivity index (χ4n) is 2.20. The van der Waals surface area contributed by atoms with E-state index in [1.165, 1.54) is 36.1 Å². The highest BCUT2D eigenvalue weighted by molar-refractivity contribution is 8.00. The number of hydrogen-bond donors (Lipinski definition) is 2. The summed E-state index contributed by atoms with van der Waals surface area (Å²) < 4.78 is 0. The minimum absolute atomic E-state index is 0.152. The summed E-state index contributed by atoms with van der Waals surface area (Å²) in [5.41, 5.74) is 1.23. The number of amides is 2. The normalized spacial score (nSPS) is 11.9. The van der Waals surface area contributed by atoms with E-state index in [9.17, 15) is 19.5 Å². The molecule has 0 heterocycles. The molecule has 0 spiro atoms. The van der Waals surface area contributed by atoms with Crippen LogP contribution in [0, 0.1) is 0 Å². The van der Waals surface area contributed by atoms with Crippen molar-refractivity contribution in [3.8, 4) is 0 Å². The average Bonchev–Trinajstić information content (AvgIpc) is 2.56. The van der Waals surface area contributed by atoms with Gasteiger partial charge >= 0.3 is 5.97 Å². The van der Waals surface area contributed by atoms with Crippen molar-refractivity contribution in [1.29, 1.82) is 0 Å². The van der Waals surface area contributed by atoms with E-state index in [0.29, 0.717) is 5.92 Å². The summed E-state index contributed by atoms with van der Waals surface area (Å²) in [6, 6.07) is 7.06. The molecular formula is C18H26N2O4S. The Morgan fingerprint density at radius 2 is 1.76 bits per heavy atom. The Hall–Kier alpha value is -2.02. The highest BCUT2D eigenvalue weighted by atomic mass is 32.2. The topological polar surface area (TPSA) is 86.7 Å². The van der Waals surface area contributed by atoms with Gasteiger partial charge in [0.2, 0.25) is 11.8 Å². The highest BCUT2D eigenvalue weighted by Crippen LogP contribution is 2.22. The first kappa shape index (κ1) is 21.0. The lowest BCUT2D eigenvalue weighted by molar-refractivity contribution is -0.148. The number of rotatable bonds is 9. The minimum atomic E-state index is -1.07. The maximum Gasteiger partial charge on any atom is 0.326 e. The third-order valence-corrected chi connectivity index (χ3v) is 4.78. The van der Waals surface area contributed by atoms with Crippen LogP contribution in [-0.2, 0) is 14.4 Å². The molecule has 1 aromatic carbocycles. The fraction of sp³-hybridized carbons (Fsp3) is 0.500. The highest BCUT2D eigenvalue weighted by Gasteiger charge is 2.25. The smallest absolute Gasteiger partial charge is 0.326 e. The first-order chi connectivity index (χ1) is 11.7. The van der Waals surface area contributed by atoms with Gasteiger partial charge < -0.3 is 15.3 Å². The van der Waals surface area contributed by atoms with E-state index < -0.39 is 12.0 Å². The van der Waals surface area contributed by atoms with Gasteiger partial charge in [0, 0.05) is 24.9 Å². The van der Waals surface area contributed by atoms with Gasteiger partial charge in [0.05, 0.1) is 5.75 Å². The lowest BCUT2D eigenvalue weighted by Crippen LogP contribution is -2.47. The Bertz CT molecular complexity index is 602. The van der Waals surface area contributed by atoms with Crippen LogP contribution in [0.4, 0.5) is 0 Å². The summed E-state index contributed by atoms with van der Waals surface area (Å²) in [7, 11) is 0. The number of carboxylic acids is 1. The molecule has 7 heteroatoms. The Morgan fingerprint density at radius 1 is 1.16 bits per heavy atom. The predicted molar refractivity (Wildman–Crippen MR) is 98.7 cm³/mol. The van der Waals surface area contributed by atoms with Gasteiger partial charge in [-0.2, -0.15) is 0 Å².